The Hall–Kier alpha value is -3.38. The van der Waals surface area contributed by atoms with Gasteiger partial charge >= 0.3 is 5.97 Å². The van der Waals surface area contributed by atoms with Crippen LogP contribution in [0.5, 0.6) is 0 Å². The van der Waals surface area contributed by atoms with E-state index in [0.717, 1.165) is 37.4 Å². The van der Waals surface area contributed by atoms with Gasteiger partial charge in [0.05, 0.1) is 16.9 Å². The zero-order valence-corrected chi connectivity index (χ0v) is 20.3. The number of aromatic carboxylic acids is 1. The first-order valence-electron chi connectivity index (χ1n) is 11.5. The summed E-state index contributed by atoms with van der Waals surface area (Å²) < 4.78 is 11.2. The fraction of sp³-hybridized carbons (Fsp3) is 0.478. The minimum absolute atomic E-state index is 0.0164. The molecule has 0 saturated carbocycles. The van der Waals surface area contributed by atoms with Gasteiger partial charge in [0.1, 0.15) is 17.7 Å². The van der Waals surface area contributed by atoms with Gasteiger partial charge in [0.25, 0.3) is 0 Å². The predicted molar refractivity (Wildman–Crippen MR) is 129 cm³/mol. The van der Waals surface area contributed by atoms with Crippen LogP contribution in [0.25, 0.3) is 16.2 Å². The number of pyridine rings is 2. The molecule has 3 aromatic heterocycles. The maximum absolute atomic E-state index is 12.9. The van der Waals surface area contributed by atoms with E-state index in [9.17, 15) is 19.5 Å². The summed E-state index contributed by atoms with van der Waals surface area (Å²) in [7, 11) is 0. The number of nitrogens with zero attached hydrogens (tertiary/aromatic N) is 5. The lowest BCUT2D eigenvalue weighted by atomic mass is 9.80. The van der Waals surface area contributed by atoms with Crippen molar-refractivity contribution in [2.45, 2.75) is 39.2 Å². The molecule has 2 aliphatic rings. The van der Waals surface area contributed by atoms with E-state index in [2.05, 4.69) is 14.7 Å². The molecule has 2 N–H and O–H groups in total. The van der Waals surface area contributed by atoms with Crippen molar-refractivity contribution in [2.75, 3.05) is 31.1 Å². The normalized spacial score (nSPS) is 19.4. The molecule has 2 aliphatic heterocycles. The first-order valence-corrected chi connectivity index (χ1v) is 12.3. The summed E-state index contributed by atoms with van der Waals surface area (Å²) in [5, 5.41) is 13.2. The van der Waals surface area contributed by atoms with Gasteiger partial charge in [-0.2, -0.15) is 4.37 Å². The average Bonchev–Trinajstić information content (AvgIpc) is 3.35. The minimum Gasteiger partial charge on any atom is -0.477 e. The van der Waals surface area contributed by atoms with Crippen LogP contribution in [-0.4, -0.2) is 68.2 Å². The molecule has 3 aromatic rings. The van der Waals surface area contributed by atoms with E-state index in [-0.39, 0.29) is 23.0 Å². The van der Waals surface area contributed by atoms with Crippen molar-refractivity contribution in [3.63, 3.8) is 0 Å². The molecule has 0 spiro atoms. The van der Waals surface area contributed by atoms with Crippen molar-refractivity contribution in [3.05, 3.63) is 39.9 Å². The summed E-state index contributed by atoms with van der Waals surface area (Å²) in [6, 6.07) is 1.76. The summed E-state index contributed by atoms with van der Waals surface area (Å²) in [5.74, 6) is -0.726. The summed E-state index contributed by atoms with van der Waals surface area (Å²) in [4.78, 5) is 48.3. The van der Waals surface area contributed by atoms with Crippen LogP contribution in [-0.2, 0) is 9.53 Å². The topological polar surface area (TPSA) is 140 Å². The average molecular weight is 499 g/mol. The molecule has 5 heterocycles. The molecule has 0 aromatic carbocycles. The number of hydrogen-bond acceptors (Lipinski definition) is 9. The van der Waals surface area contributed by atoms with Crippen LogP contribution < -0.4 is 15.6 Å². The summed E-state index contributed by atoms with van der Waals surface area (Å²) in [6.07, 6.45) is 5.83. The highest BCUT2D eigenvalue weighted by Crippen LogP contribution is 2.35. The molecule has 1 unspecified atom stereocenters. The third-order valence-corrected chi connectivity index (χ3v) is 7.31. The maximum Gasteiger partial charge on any atom is 0.341 e. The number of carboxylic acids is 1. The molecule has 11 nitrogen and oxygen atoms in total. The lowest BCUT2D eigenvalue weighted by molar-refractivity contribution is -0.132. The highest BCUT2D eigenvalue weighted by molar-refractivity contribution is 7.08. The van der Waals surface area contributed by atoms with Crippen LogP contribution in [0.4, 0.5) is 5.82 Å². The zero-order chi connectivity index (χ0) is 24.7. The van der Waals surface area contributed by atoms with Crippen molar-refractivity contribution in [1.82, 2.24) is 24.2 Å². The summed E-state index contributed by atoms with van der Waals surface area (Å²) >= 11 is 1.07. The number of rotatable bonds is 6. The zero-order valence-electron chi connectivity index (χ0n) is 19.5. The van der Waals surface area contributed by atoms with Crippen molar-refractivity contribution in [1.29, 1.82) is 0 Å². The smallest absolute Gasteiger partial charge is 0.341 e. The van der Waals surface area contributed by atoms with Crippen molar-refractivity contribution >= 4 is 40.3 Å². The number of carboxylic acid groups (broad SMARTS) is 1. The molecule has 184 valence electrons. The van der Waals surface area contributed by atoms with Gasteiger partial charge in [-0.15, -0.1) is 0 Å². The SMILES string of the molecule is Cc1cc(N2CC(C)(C(=O)NCC3CCCCO3)C2)nc2c1c(=O)c(C(=O)O)cn2-c1ncns1. The second-order valence-electron chi connectivity index (χ2n) is 9.38. The molecular weight excluding hydrogens is 472 g/mol. The fourth-order valence-electron chi connectivity index (χ4n) is 4.70. The number of amides is 1. The van der Waals surface area contributed by atoms with Gasteiger partial charge in [-0.05, 0) is 44.7 Å². The number of nitrogens with one attached hydrogen (secondary N) is 1. The van der Waals surface area contributed by atoms with Crippen LogP contribution in [0.1, 0.15) is 42.1 Å². The predicted octanol–water partition coefficient (Wildman–Crippen LogP) is 1.76. The standard InChI is InChI=1S/C23H26N6O5S/c1-13-7-16(28-10-23(2,11-28)21(33)24-8-14-5-3-4-6-34-14)27-19-17(13)18(30)15(20(31)32)9-29(19)22-25-12-26-35-22/h7,9,12,14H,3-6,8,10-11H2,1-2H3,(H,24,33)(H,31,32). The molecule has 5 rings (SSSR count). The van der Waals surface area contributed by atoms with E-state index in [1.54, 1.807) is 13.0 Å². The van der Waals surface area contributed by atoms with Crippen LogP contribution in [0.15, 0.2) is 23.4 Å². The molecule has 35 heavy (non-hydrogen) atoms. The monoisotopic (exact) mass is 498 g/mol. The maximum atomic E-state index is 12.9. The Labute approximate surface area is 204 Å². The second kappa shape index (κ2) is 9.00. The first kappa shape index (κ1) is 23.4. The molecule has 2 saturated heterocycles. The van der Waals surface area contributed by atoms with E-state index in [1.807, 2.05) is 11.8 Å². The Balaban J connectivity index is 1.41. The highest BCUT2D eigenvalue weighted by Gasteiger charge is 2.46. The fourth-order valence-corrected chi connectivity index (χ4v) is 5.21. The van der Waals surface area contributed by atoms with Gasteiger partial charge in [-0.1, -0.05) is 0 Å². The van der Waals surface area contributed by atoms with E-state index in [0.29, 0.717) is 41.8 Å². The van der Waals surface area contributed by atoms with Crippen LogP contribution in [0.2, 0.25) is 0 Å². The number of aryl methyl sites for hydroxylation is 1. The van der Waals surface area contributed by atoms with Gasteiger partial charge < -0.3 is 20.1 Å². The quantitative estimate of drug-likeness (QED) is 0.520. The lowest BCUT2D eigenvalue weighted by Gasteiger charge is -2.47. The molecule has 0 radical (unpaired) electrons. The Morgan fingerprint density at radius 2 is 2.14 bits per heavy atom. The number of hydrogen-bond donors (Lipinski definition) is 2. The Kier molecular flexibility index (Phi) is 6.01. The molecule has 0 bridgehead atoms. The molecule has 1 atom stereocenters. The first-order chi connectivity index (χ1) is 16.8. The van der Waals surface area contributed by atoms with Gasteiger partial charge in [-0.3, -0.25) is 14.2 Å². The van der Waals surface area contributed by atoms with Gasteiger partial charge in [0.15, 0.2) is 5.65 Å². The summed E-state index contributed by atoms with van der Waals surface area (Å²) in [6.45, 7) is 5.87. The van der Waals surface area contributed by atoms with Crippen LogP contribution in [0, 0.1) is 12.3 Å². The molecule has 0 aliphatic carbocycles. The van der Waals surface area contributed by atoms with Crippen molar-refractivity contribution in [2.24, 2.45) is 5.41 Å². The lowest BCUT2D eigenvalue weighted by Crippen LogP contribution is -2.62. The molecule has 1 amide bonds. The number of carbonyl (C=O) groups is 2. The minimum atomic E-state index is -1.32. The van der Waals surface area contributed by atoms with E-state index in [4.69, 9.17) is 9.72 Å². The molecule has 2 fully saturated rings. The summed E-state index contributed by atoms with van der Waals surface area (Å²) in [5.41, 5.74) is -0.614. The number of ether oxygens (including phenoxy) is 1. The molecule has 12 heteroatoms. The van der Waals surface area contributed by atoms with E-state index >= 15 is 0 Å². The second-order valence-corrected chi connectivity index (χ2v) is 10.1. The van der Waals surface area contributed by atoms with E-state index < -0.39 is 16.8 Å². The van der Waals surface area contributed by atoms with Crippen LogP contribution in [0.3, 0.4) is 0 Å². The number of anilines is 1. The number of aromatic nitrogens is 4. The Bertz CT molecular complexity index is 1340. The third kappa shape index (κ3) is 4.27. The van der Waals surface area contributed by atoms with Gasteiger partial charge in [-0.25, -0.2) is 14.8 Å². The van der Waals surface area contributed by atoms with Crippen LogP contribution >= 0.6 is 11.5 Å². The Morgan fingerprint density at radius 3 is 2.80 bits per heavy atom. The van der Waals surface area contributed by atoms with Crippen molar-refractivity contribution in [3.8, 4) is 5.13 Å². The van der Waals surface area contributed by atoms with Gasteiger partial charge in [0, 0.05) is 44.0 Å². The highest BCUT2D eigenvalue weighted by atomic mass is 32.1. The molecular formula is C23H26N6O5S. The number of carbonyl (C=O) groups excluding carboxylic acids is 1. The largest absolute Gasteiger partial charge is 0.477 e. The van der Waals surface area contributed by atoms with Crippen molar-refractivity contribution < 1.29 is 19.4 Å². The number of fused-ring (bicyclic) bond motifs is 1. The van der Waals surface area contributed by atoms with Gasteiger partial charge in [0.2, 0.25) is 16.5 Å². The third-order valence-electron chi connectivity index (χ3n) is 6.64. The Morgan fingerprint density at radius 1 is 1.34 bits per heavy atom. The van der Waals surface area contributed by atoms with E-state index in [1.165, 1.54) is 17.1 Å².